The molecule has 0 unspecified atom stereocenters. The average Bonchev–Trinajstić information content (AvgIpc) is 3.38. The fourth-order valence-electron chi connectivity index (χ4n) is 4.23. The summed E-state index contributed by atoms with van der Waals surface area (Å²) < 4.78 is 12.3. The van der Waals surface area contributed by atoms with Crippen molar-refractivity contribution in [3.63, 3.8) is 0 Å². The highest BCUT2D eigenvalue weighted by Crippen LogP contribution is 2.27. The van der Waals surface area contributed by atoms with Crippen molar-refractivity contribution in [1.82, 2.24) is 14.5 Å². The number of thiophene rings is 1. The van der Waals surface area contributed by atoms with Crippen molar-refractivity contribution in [2.45, 2.75) is 19.9 Å². The number of carbonyl (C=O) groups is 3. The summed E-state index contributed by atoms with van der Waals surface area (Å²) >= 11 is 1.11. The van der Waals surface area contributed by atoms with Gasteiger partial charge in [-0.05, 0) is 43.2 Å². The zero-order valence-electron chi connectivity index (χ0n) is 20.0. The molecule has 0 radical (unpaired) electrons. The number of aryl methyl sites for hydroxylation is 2. The smallest absolute Gasteiger partial charge is 0.348 e. The number of imide groups is 1. The van der Waals surface area contributed by atoms with Gasteiger partial charge >= 0.3 is 5.97 Å². The van der Waals surface area contributed by atoms with Gasteiger partial charge in [-0.2, -0.15) is 0 Å². The Morgan fingerprint density at radius 1 is 0.919 bits per heavy atom. The van der Waals surface area contributed by atoms with Crippen LogP contribution in [0.15, 0.2) is 65.7 Å². The second kappa shape index (κ2) is 10.4. The van der Waals surface area contributed by atoms with Crippen LogP contribution in [0.3, 0.4) is 0 Å². The number of carbonyl (C=O) groups excluding carboxylic acids is 3. The molecule has 1 aliphatic heterocycles. The summed E-state index contributed by atoms with van der Waals surface area (Å²) in [5, 5.41) is 0.362. The molecule has 37 heavy (non-hydrogen) atoms. The van der Waals surface area contributed by atoms with E-state index in [0.717, 1.165) is 11.3 Å². The molecular weight excluding hydrogens is 494 g/mol. The normalized spacial score (nSPS) is 12.7. The SMILES string of the molecule is Cc1c(C(=O)OCCOc2ccccc2)sc2ncn(CCCN3C(=O)c4ccccc4C3=O)c(=O)c12. The Balaban J connectivity index is 1.22. The summed E-state index contributed by atoms with van der Waals surface area (Å²) in [6.07, 6.45) is 1.81. The summed E-state index contributed by atoms with van der Waals surface area (Å²) in [6.45, 7) is 2.42. The molecule has 0 bridgehead atoms. The van der Waals surface area contributed by atoms with Gasteiger partial charge in [-0.1, -0.05) is 30.3 Å². The minimum Gasteiger partial charge on any atom is -0.490 e. The van der Waals surface area contributed by atoms with Gasteiger partial charge < -0.3 is 9.47 Å². The molecule has 4 aromatic rings. The molecule has 0 spiro atoms. The molecule has 0 fully saturated rings. The maximum absolute atomic E-state index is 13.1. The average molecular weight is 518 g/mol. The fourth-order valence-corrected chi connectivity index (χ4v) is 5.26. The minimum absolute atomic E-state index is 0.0664. The number of aromatic nitrogens is 2. The van der Waals surface area contributed by atoms with Crippen molar-refractivity contribution in [2.24, 2.45) is 0 Å². The second-order valence-corrected chi connectivity index (χ2v) is 9.44. The molecule has 0 atom stereocenters. The zero-order chi connectivity index (χ0) is 25.9. The molecule has 9 nitrogen and oxygen atoms in total. The van der Waals surface area contributed by atoms with E-state index in [1.807, 2.05) is 30.3 Å². The highest BCUT2D eigenvalue weighted by atomic mass is 32.1. The van der Waals surface area contributed by atoms with Crippen molar-refractivity contribution >= 4 is 39.3 Å². The van der Waals surface area contributed by atoms with Gasteiger partial charge in [0.25, 0.3) is 17.4 Å². The van der Waals surface area contributed by atoms with Crippen LogP contribution in [-0.4, -0.2) is 52.0 Å². The van der Waals surface area contributed by atoms with Crippen molar-refractivity contribution in [3.05, 3.63) is 92.8 Å². The molecule has 2 amide bonds. The molecule has 10 heteroatoms. The Morgan fingerprint density at radius 3 is 2.30 bits per heavy atom. The van der Waals surface area contributed by atoms with Crippen LogP contribution in [0.1, 0.15) is 42.4 Å². The number of nitrogens with zero attached hydrogens (tertiary/aromatic N) is 3. The van der Waals surface area contributed by atoms with E-state index in [1.54, 1.807) is 31.2 Å². The molecule has 0 aliphatic carbocycles. The molecule has 188 valence electrons. The maximum Gasteiger partial charge on any atom is 0.348 e. The Bertz CT molecular complexity index is 1520. The van der Waals surface area contributed by atoms with Gasteiger partial charge in [0, 0.05) is 13.1 Å². The number of esters is 1. The first kappa shape index (κ1) is 24.4. The molecule has 0 N–H and O–H groups in total. The zero-order valence-corrected chi connectivity index (χ0v) is 20.8. The second-order valence-electron chi connectivity index (χ2n) is 8.44. The van der Waals surface area contributed by atoms with Crippen molar-refractivity contribution in [1.29, 1.82) is 0 Å². The Morgan fingerprint density at radius 2 is 1.59 bits per heavy atom. The number of hydrogen-bond acceptors (Lipinski definition) is 8. The maximum atomic E-state index is 13.1. The number of rotatable bonds is 9. The van der Waals surface area contributed by atoms with Gasteiger partial charge in [0.05, 0.1) is 22.8 Å². The monoisotopic (exact) mass is 517 g/mol. The van der Waals surface area contributed by atoms with E-state index in [9.17, 15) is 19.2 Å². The predicted octanol–water partition coefficient (Wildman–Crippen LogP) is 3.69. The van der Waals surface area contributed by atoms with E-state index in [2.05, 4.69) is 4.98 Å². The summed E-state index contributed by atoms with van der Waals surface area (Å²) in [5.41, 5.74) is 1.02. The summed E-state index contributed by atoms with van der Waals surface area (Å²) in [7, 11) is 0. The lowest BCUT2D eigenvalue weighted by Gasteiger charge is -2.14. The predicted molar refractivity (Wildman–Crippen MR) is 137 cm³/mol. The van der Waals surface area contributed by atoms with Gasteiger partial charge in [-0.3, -0.25) is 23.9 Å². The van der Waals surface area contributed by atoms with Crippen LogP contribution in [0.2, 0.25) is 0 Å². The Labute approximate surface area is 215 Å². The molecule has 2 aromatic heterocycles. The number of para-hydroxylation sites is 1. The van der Waals surface area contributed by atoms with E-state index in [1.165, 1.54) is 15.8 Å². The molecule has 5 rings (SSSR count). The largest absolute Gasteiger partial charge is 0.490 e. The third-order valence-electron chi connectivity index (χ3n) is 6.09. The first-order valence-electron chi connectivity index (χ1n) is 11.7. The van der Waals surface area contributed by atoms with E-state index >= 15 is 0 Å². The lowest BCUT2D eigenvalue weighted by Crippen LogP contribution is -2.32. The van der Waals surface area contributed by atoms with Gasteiger partial charge in [-0.25, -0.2) is 9.78 Å². The van der Waals surface area contributed by atoms with E-state index in [-0.39, 0.29) is 43.7 Å². The van der Waals surface area contributed by atoms with Crippen molar-refractivity contribution < 1.29 is 23.9 Å². The molecule has 0 saturated carbocycles. The first-order chi connectivity index (χ1) is 18.0. The lowest BCUT2D eigenvalue weighted by atomic mass is 10.1. The highest BCUT2D eigenvalue weighted by Gasteiger charge is 2.34. The van der Waals surface area contributed by atoms with Crippen LogP contribution < -0.4 is 10.3 Å². The van der Waals surface area contributed by atoms with E-state index < -0.39 is 5.97 Å². The Kier molecular flexibility index (Phi) is 6.82. The van der Waals surface area contributed by atoms with Crippen LogP contribution in [0.4, 0.5) is 0 Å². The summed E-state index contributed by atoms with van der Waals surface area (Å²) in [6, 6.07) is 15.9. The summed E-state index contributed by atoms with van der Waals surface area (Å²) in [4.78, 5) is 57.2. The minimum atomic E-state index is -0.534. The van der Waals surface area contributed by atoms with Crippen LogP contribution in [-0.2, 0) is 11.3 Å². The third-order valence-corrected chi connectivity index (χ3v) is 7.27. The summed E-state index contributed by atoms with van der Waals surface area (Å²) in [5.74, 6) is -0.502. The molecule has 1 aliphatic rings. The molecule has 2 aromatic carbocycles. The van der Waals surface area contributed by atoms with Gasteiger partial charge in [0.2, 0.25) is 0 Å². The fraction of sp³-hybridized carbons (Fsp3) is 0.222. The molecule has 0 saturated heterocycles. The number of hydrogen-bond donors (Lipinski definition) is 0. The molecular formula is C27H23N3O6S. The van der Waals surface area contributed by atoms with Crippen molar-refractivity contribution in [2.75, 3.05) is 19.8 Å². The number of amides is 2. The number of benzene rings is 2. The van der Waals surface area contributed by atoms with Crippen LogP contribution in [0.25, 0.3) is 10.2 Å². The van der Waals surface area contributed by atoms with Crippen molar-refractivity contribution in [3.8, 4) is 5.75 Å². The lowest BCUT2D eigenvalue weighted by molar-refractivity contribution is 0.0455. The molecule has 3 heterocycles. The van der Waals surface area contributed by atoms with E-state index in [0.29, 0.717) is 44.0 Å². The quantitative estimate of drug-likeness (QED) is 0.189. The van der Waals surface area contributed by atoms with Crippen LogP contribution >= 0.6 is 11.3 Å². The highest BCUT2D eigenvalue weighted by molar-refractivity contribution is 7.20. The number of fused-ring (bicyclic) bond motifs is 2. The third kappa shape index (κ3) is 4.75. The first-order valence-corrected chi connectivity index (χ1v) is 12.6. The van der Waals surface area contributed by atoms with E-state index in [4.69, 9.17) is 9.47 Å². The number of ether oxygens (including phenoxy) is 2. The standard InChI is InChI=1S/C27H23N3O6S/c1-17-21-23(37-22(17)27(34)36-15-14-35-18-8-3-2-4-9-18)28-16-29(26(21)33)12-7-13-30-24(31)19-10-5-6-11-20(19)25(30)32/h2-6,8-11,16H,7,12-15H2,1H3. The van der Waals surface area contributed by atoms with Gasteiger partial charge in [0.15, 0.2) is 0 Å². The van der Waals surface area contributed by atoms with Crippen LogP contribution in [0.5, 0.6) is 5.75 Å². The van der Waals surface area contributed by atoms with Crippen LogP contribution in [0, 0.1) is 6.92 Å². The topological polar surface area (TPSA) is 108 Å². The Hall–Kier alpha value is -4.31. The van der Waals surface area contributed by atoms with Gasteiger partial charge in [-0.15, -0.1) is 11.3 Å². The van der Waals surface area contributed by atoms with Gasteiger partial charge in [0.1, 0.15) is 28.7 Å².